The third kappa shape index (κ3) is 2.60. The molecule has 0 aliphatic rings. The van der Waals surface area contributed by atoms with Crippen LogP contribution in [0.15, 0.2) is 48.5 Å². The summed E-state index contributed by atoms with van der Waals surface area (Å²) in [4.78, 5) is 12.4. The van der Waals surface area contributed by atoms with Gasteiger partial charge >= 0.3 is 0 Å². The molecular formula is C18H17FN2O. The van der Waals surface area contributed by atoms with Crippen molar-refractivity contribution in [3.8, 4) is 0 Å². The molecule has 1 N–H and O–H groups in total. The molecule has 3 aromatic rings. The lowest BCUT2D eigenvalue weighted by Gasteiger charge is -2.07. The lowest BCUT2D eigenvalue weighted by Crippen LogP contribution is -2.15. The minimum atomic E-state index is -0.309. The number of anilines is 1. The van der Waals surface area contributed by atoms with E-state index < -0.39 is 0 Å². The zero-order chi connectivity index (χ0) is 15.7. The standard InChI is InChI=1S/C18H17FN2O/c1-3-12-4-8-15(9-5-12)20-18(22)17-10-13-6-7-14(19)11-16(13)21(17)2/h4-11H,3H2,1-2H3,(H,20,22). The first kappa shape index (κ1) is 14.3. The summed E-state index contributed by atoms with van der Waals surface area (Å²) in [6.45, 7) is 2.09. The van der Waals surface area contributed by atoms with E-state index in [0.717, 1.165) is 17.5 Å². The van der Waals surface area contributed by atoms with E-state index >= 15 is 0 Å². The molecule has 4 heteroatoms. The molecule has 0 unspecified atom stereocenters. The van der Waals surface area contributed by atoms with E-state index in [1.165, 1.54) is 17.7 Å². The van der Waals surface area contributed by atoms with E-state index in [1.54, 1.807) is 23.7 Å². The SMILES string of the molecule is CCc1ccc(NC(=O)c2cc3ccc(F)cc3n2C)cc1. The van der Waals surface area contributed by atoms with Gasteiger partial charge in [0.15, 0.2) is 0 Å². The van der Waals surface area contributed by atoms with Gasteiger partial charge in [-0.2, -0.15) is 0 Å². The van der Waals surface area contributed by atoms with Gasteiger partial charge in [0.05, 0.1) is 5.52 Å². The Morgan fingerprint density at radius 3 is 2.55 bits per heavy atom. The number of halogens is 1. The average molecular weight is 296 g/mol. The van der Waals surface area contributed by atoms with Crippen molar-refractivity contribution in [2.24, 2.45) is 7.05 Å². The molecule has 0 saturated carbocycles. The highest BCUT2D eigenvalue weighted by Gasteiger charge is 2.14. The Morgan fingerprint density at radius 1 is 1.14 bits per heavy atom. The van der Waals surface area contributed by atoms with Crippen LogP contribution in [0.3, 0.4) is 0 Å². The molecule has 2 aromatic carbocycles. The lowest BCUT2D eigenvalue weighted by atomic mass is 10.1. The van der Waals surface area contributed by atoms with E-state index in [2.05, 4.69) is 12.2 Å². The Kier molecular flexibility index (Phi) is 3.67. The van der Waals surface area contributed by atoms with Gasteiger partial charge in [0.2, 0.25) is 0 Å². The summed E-state index contributed by atoms with van der Waals surface area (Å²) in [6.07, 6.45) is 0.961. The Balaban J connectivity index is 1.89. The predicted octanol–water partition coefficient (Wildman–Crippen LogP) is 4.13. The van der Waals surface area contributed by atoms with Gasteiger partial charge in [-0.1, -0.05) is 19.1 Å². The van der Waals surface area contributed by atoms with E-state index in [1.807, 2.05) is 24.3 Å². The van der Waals surface area contributed by atoms with Crippen LogP contribution in [-0.2, 0) is 13.5 Å². The van der Waals surface area contributed by atoms with Crippen LogP contribution >= 0.6 is 0 Å². The molecule has 0 radical (unpaired) electrons. The van der Waals surface area contributed by atoms with E-state index in [9.17, 15) is 9.18 Å². The zero-order valence-corrected chi connectivity index (χ0v) is 12.6. The van der Waals surface area contributed by atoms with Crippen LogP contribution in [0.4, 0.5) is 10.1 Å². The van der Waals surface area contributed by atoms with Crippen molar-refractivity contribution in [1.82, 2.24) is 4.57 Å². The molecule has 1 heterocycles. The molecule has 112 valence electrons. The number of hydrogen-bond acceptors (Lipinski definition) is 1. The molecule has 0 saturated heterocycles. The Labute approximate surface area is 128 Å². The molecular weight excluding hydrogens is 279 g/mol. The fourth-order valence-corrected chi connectivity index (χ4v) is 2.54. The fraction of sp³-hybridized carbons (Fsp3) is 0.167. The number of fused-ring (bicyclic) bond motifs is 1. The smallest absolute Gasteiger partial charge is 0.272 e. The molecule has 0 aliphatic carbocycles. The van der Waals surface area contributed by atoms with Crippen molar-refractivity contribution < 1.29 is 9.18 Å². The van der Waals surface area contributed by atoms with E-state index in [4.69, 9.17) is 0 Å². The average Bonchev–Trinajstić information content (AvgIpc) is 2.85. The van der Waals surface area contributed by atoms with Gasteiger partial charge < -0.3 is 9.88 Å². The maximum atomic E-state index is 13.3. The number of hydrogen-bond donors (Lipinski definition) is 1. The minimum absolute atomic E-state index is 0.205. The van der Waals surface area contributed by atoms with Crippen molar-refractivity contribution in [2.75, 3.05) is 5.32 Å². The highest BCUT2D eigenvalue weighted by molar-refractivity contribution is 6.06. The molecule has 1 aromatic heterocycles. The number of aromatic nitrogens is 1. The van der Waals surface area contributed by atoms with Crippen LogP contribution in [0, 0.1) is 5.82 Å². The summed E-state index contributed by atoms with van der Waals surface area (Å²) < 4.78 is 15.0. The minimum Gasteiger partial charge on any atom is -0.340 e. The summed E-state index contributed by atoms with van der Waals surface area (Å²) in [5.41, 5.74) is 3.17. The van der Waals surface area contributed by atoms with Gasteiger partial charge in [0.25, 0.3) is 5.91 Å². The molecule has 0 aliphatic heterocycles. The molecule has 3 nitrogen and oxygen atoms in total. The molecule has 0 atom stereocenters. The van der Waals surface area contributed by atoms with Crippen LogP contribution in [0.5, 0.6) is 0 Å². The highest BCUT2D eigenvalue weighted by atomic mass is 19.1. The summed E-state index contributed by atoms with van der Waals surface area (Å²) in [5, 5.41) is 3.72. The third-order valence-electron chi connectivity index (χ3n) is 3.86. The monoisotopic (exact) mass is 296 g/mol. The largest absolute Gasteiger partial charge is 0.340 e. The fourth-order valence-electron chi connectivity index (χ4n) is 2.54. The number of nitrogens with one attached hydrogen (secondary N) is 1. The zero-order valence-electron chi connectivity index (χ0n) is 12.6. The first-order valence-electron chi connectivity index (χ1n) is 7.23. The topological polar surface area (TPSA) is 34.0 Å². The van der Waals surface area contributed by atoms with Crippen LogP contribution < -0.4 is 5.32 Å². The first-order chi connectivity index (χ1) is 10.6. The second kappa shape index (κ2) is 5.64. The van der Waals surface area contributed by atoms with E-state index in [-0.39, 0.29) is 11.7 Å². The number of nitrogens with zero attached hydrogens (tertiary/aromatic N) is 1. The van der Waals surface area contributed by atoms with Crippen molar-refractivity contribution in [2.45, 2.75) is 13.3 Å². The molecule has 3 rings (SSSR count). The number of aryl methyl sites for hydroxylation is 2. The van der Waals surface area contributed by atoms with Crippen LogP contribution in [0.2, 0.25) is 0 Å². The maximum absolute atomic E-state index is 13.3. The second-order valence-corrected chi connectivity index (χ2v) is 5.30. The van der Waals surface area contributed by atoms with Crippen LogP contribution in [0.25, 0.3) is 10.9 Å². The van der Waals surface area contributed by atoms with Crippen LogP contribution in [0.1, 0.15) is 23.0 Å². The molecule has 1 amide bonds. The quantitative estimate of drug-likeness (QED) is 0.774. The Bertz CT molecular complexity index is 834. The van der Waals surface area contributed by atoms with Gasteiger partial charge in [-0.3, -0.25) is 4.79 Å². The van der Waals surface area contributed by atoms with Gasteiger partial charge in [-0.05, 0) is 48.4 Å². The summed E-state index contributed by atoms with van der Waals surface area (Å²) in [5.74, 6) is -0.515. The number of amides is 1. The normalized spacial score (nSPS) is 10.9. The number of benzene rings is 2. The summed E-state index contributed by atoms with van der Waals surface area (Å²) >= 11 is 0. The van der Waals surface area contributed by atoms with Crippen molar-refractivity contribution in [3.63, 3.8) is 0 Å². The molecule has 0 bridgehead atoms. The Morgan fingerprint density at radius 2 is 1.86 bits per heavy atom. The van der Waals surface area contributed by atoms with Gasteiger partial charge in [0.1, 0.15) is 11.5 Å². The molecule has 0 spiro atoms. The molecule has 0 fully saturated rings. The summed E-state index contributed by atoms with van der Waals surface area (Å²) in [7, 11) is 1.76. The van der Waals surface area contributed by atoms with Gasteiger partial charge in [-0.15, -0.1) is 0 Å². The number of carbonyl (C=O) groups excluding carboxylic acids is 1. The third-order valence-corrected chi connectivity index (χ3v) is 3.86. The van der Waals surface area contributed by atoms with Crippen molar-refractivity contribution in [1.29, 1.82) is 0 Å². The molecule has 22 heavy (non-hydrogen) atoms. The summed E-state index contributed by atoms with van der Waals surface area (Å²) in [6, 6.07) is 14.0. The lowest BCUT2D eigenvalue weighted by molar-refractivity contribution is 0.101. The van der Waals surface area contributed by atoms with Crippen molar-refractivity contribution >= 4 is 22.5 Å². The Hall–Kier alpha value is -2.62. The van der Waals surface area contributed by atoms with E-state index in [0.29, 0.717) is 11.2 Å². The van der Waals surface area contributed by atoms with Crippen molar-refractivity contribution in [3.05, 3.63) is 65.6 Å². The highest BCUT2D eigenvalue weighted by Crippen LogP contribution is 2.21. The van der Waals surface area contributed by atoms with Gasteiger partial charge in [0, 0.05) is 18.1 Å². The predicted molar refractivity (Wildman–Crippen MR) is 86.7 cm³/mol. The van der Waals surface area contributed by atoms with Gasteiger partial charge in [-0.25, -0.2) is 4.39 Å². The maximum Gasteiger partial charge on any atom is 0.272 e. The second-order valence-electron chi connectivity index (χ2n) is 5.30. The first-order valence-corrected chi connectivity index (χ1v) is 7.23. The number of rotatable bonds is 3. The number of carbonyl (C=O) groups is 1. The van der Waals surface area contributed by atoms with Crippen LogP contribution in [-0.4, -0.2) is 10.5 Å².